The summed E-state index contributed by atoms with van der Waals surface area (Å²) >= 11 is 0. The van der Waals surface area contributed by atoms with Gasteiger partial charge in [0.1, 0.15) is 12.3 Å². The number of hydrogen-bond acceptors (Lipinski definition) is 4. The number of nitrogens with one attached hydrogen (secondary N) is 1. The summed E-state index contributed by atoms with van der Waals surface area (Å²) in [6.45, 7) is 4.07. The van der Waals surface area contributed by atoms with Crippen LogP contribution in [0.2, 0.25) is 0 Å². The summed E-state index contributed by atoms with van der Waals surface area (Å²) in [5, 5.41) is 2.34. The van der Waals surface area contributed by atoms with Crippen molar-refractivity contribution in [3.8, 4) is 5.75 Å². The highest BCUT2D eigenvalue weighted by atomic mass is 16.5. The van der Waals surface area contributed by atoms with Crippen LogP contribution in [0, 0.1) is 0 Å². The van der Waals surface area contributed by atoms with Gasteiger partial charge in [0.15, 0.2) is 0 Å². The summed E-state index contributed by atoms with van der Waals surface area (Å²) in [4.78, 5) is 37.1. The smallest absolute Gasteiger partial charge is 0.265 e. The largest absolute Gasteiger partial charge is 0.497 e. The van der Waals surface area contributed by atoms with E-state index >= 15 is 0 Å². The first-order valence-electron chi connectivity index (χ1n) is 7.35. The molecule has 1 amide bonds. The average molecular weight is 329 g/mol. The molecule has 0 atom stereocenters. The Labute approximate surface area is 138 Å². The van der Waals surface area contributed by atoms with Crippen LogP contribution in [0.5, 0.6) is 5.75 Å². The van der Waals surface area contributed by atoms with E-state index in [4.69, 9.17) is 4.74 Å². The summed E-state index contributed by atoms with van der Waals surface area (Å²) in [6, 6.07) is 9.62. The maximum absolute atomic E-state index is 12.5. The van der Waals surface area contributed by atoms with Crippen molar-refractivity contribution in [1.82, 2.24) is 14.7 Å². The van der Waals surface area contributed by atoms with Crippen molar-refractivity contribution in [3.05, 3.63) is 75.3 Å². The summed E-state index contributed by atoms with van der Waals surface area (Å²) < 4.78 is 6.17. The highest BCUT2D eigenvalue weighted by Gasteiger charge is 2.14. The Morgan fingerprint density at radius 2 is 2.12 bits per heavy atom. The number of rotatable bonds is 7. The standard InChI is InChI=1S/C17H19N3O4/c1-3-9-19(11-13-5-4-6-14(10-13)24-2)17(23)12-20-16(22)8-7-15(21)18-20/h3-8,10H,1,9,11-12H2,2H3,(H,18,21). The van der Waals surface area contributed by atoms with E-state index in [0.29, 0.717) is 18.8 Å². The van der Waals surface area contributed by atoms with Gasteiger partial charge in [0.2, 0.25) is 5.91 Å². The molecule has 0 aliphatic carbocycles. The number of amides is 1. The Morgan fingerprint density at radius 3 is 2.83 bits per heavy atom. The first kappa shape index (κ1) is 17.3. The molecule has 0 spiro atoms. The maximum Gasteiger partial charge on any atom is 0.265 e. The van der Waals surface area contributed by atoms with Crippen LogP contribution in [-0.4, -0.2) is 34.2 Å². The van der Waals surface area contributed by atoms with Crippen molar-refractivity contribution in [2.24, 2.45) is 0 Å². The Bertz CT molecular complexity index is 838. The first-order chi connectivity index (χ1) is 11.5. The van der Waals surface area contributed by atoms with Gasteiger partial charge in [-0.05, 0) is 17.7 Å². The van der Waals surface area contributed by atoms with Crippen LogP contribution in [0.1, 0.15) is 5.56 Å². The molecule has 0 radical (unpaired) electrons. The van der Waals surface area contributed by atoms with E-state index in [0.717, 1.165) is 22.4 Å². The van der Waals surface area contributed by atoms with Gasteiger partial charge >= 0.3 is 0 Å². The number of aromatic nitrogens is 2. The number of carbonyl (C=O) groups is 1. The van der Waals surface area contributed by atoms with Crippen LogP contribution < -0.4 is 15.9 Å². The van der Waals surface area contributed by atoms with Crippen LogP contribution in [0.4, 0.5) is 0 Å². The van der Waals surface area contributed by atoms with Gasteiger partial charge in [-0.15, -0.1) is 6.58 Å². The van der Waals surface area contributed by atoms with E-state index < -0.39 is 11.1 Å². The number of benzene rings is 1. The summed E-state index contributed by atoms with van der Waals surface area (Å²) in [5.74, 6) is 0.392. The zero-order chi connectivity index (χ0) is 17.5. The van der Waals surface area contributed by atoms with Crippen LogP contribution in [-0.2, 0) is 17.9 Å². The predicted molar refractivity (Wildman–Crippen MR) is 89.9 cm³/mol. The quantitative estimate of drug-likeness (QED) is 0.760. The minimum atomic E-state index is -0.442. The van der Waals surface area contributed by atoms with E-state index in [1.165, 1.54) is 0 Å². The number of nitrogens with zero attached hydrogens (tertiary/aromatic N) is 2. The third kappa shape index (κ3) is 4.45. The van der Waals surface area contributed by atoms with Gasteiger partial charge in [0.25, 0.3) is 11.1 Å². The summed E-state index contributed by atoms with van der Waals surface area (Å²) in [6.07, 6.45) is 1.61. The van der Waals surface area contributed by atoms with Gasteiger partial charge in [0, 0.05) is 25.2 Å². The SMILES string of the molecule is C=CCN(Cc1cccc(OC)c1)C(=O)Cn1[nH]c(=O)ccc1=O. The molecule has 0 aliphatic rings. The summed E-state index contributed by atoms with van der Waals surface area (Å²) in [5.41, 5.74) is 0.00630. The molecule has 0 unspecified atom stereocenters. The van der Waals surface area contributed by atoms with E-state index in [-0.39, 0.29) is 12.5 Å². The number of methoxy groups -OCH3 is 1. The predicted octanol–water partition coefficient (Wildman–Crippen LogP) is 0.760. The lowest BCUT2D eigenvalue weighted by Crippen LogP contribution is -2.38. The van der Waals surface area contributed by atoms with Gasteiger partial charge in [-0.3, -0.25) is 19.5 Å². The minimum Gasteiger partial charge on any atom is -0.497 e. The minimum absolute atomic E-state index is 0.243. The van der Waals surface area contributed by atoms with E-state index in [2.05, 4.69) is 11.7 Å². The molecule has 0 bridgehead atoms. The van der Waals surface area contributed by atoms with E-state index in [1.807, 2.05) is 24.3 Å². The molecule has 1 aromatic carbocycles. The third-order valence-electron chi connectivity index (χ3n) is 3.39. The number of ether oxygens (including phenoxy) is 1. The van der Waals surface area contributed by atoms with Crippen molar-refractivity contribution in [2.75, 3.05) is 13.7 Å². The molecule has 126 valence electrons. The van der Waals surface area contributed by atoms with Crippen molar-refractivity contribution in [1.29, 1.82) is 0 Å². The molecule has 0 fully saturated rings. The van der Waals surface area contributed by atoms with Gasteiger partial charge in [-0.1, -0.05) is 18.2 Å². The highest BCUT2D eigenvalue weighted by Crippen LogP contribution is 2.14. The average Bonchev–Trinajstić information content (AvgIpc) is 2.58. The number of H-pyrrole nitrogens is 1. The lowest BCUT2D eigenvalue weighted by molar-refractivity contribution is -0.132. The highest BCUT2D eigenvalue weighted by molar-refractivity contribution is 5.76. The fourth-order valence-electron chi connectivity index (χ4n) is 2.22. The fraction of sp³-hybridized carbons (Fsp3) is 0.235. The molecule has 7 heteroatoms. The molecule has 24 heavy (non-hydrogen) atoms. The van der Waals surface area contributed by atoms with Crippen LogP contribution in [0.3, 0.4) is 0 Å². The molecule has 7 nitrogen and oxygen atoms in total. The van der Waals surface area contributed by atoms with Crippen LogP contribution in [0.25, 0.3) is 0 Å². The molecule has 1 aromatic heterocycles. The number of hydrogen-bond donors (Lipinski definition) is 1. The molecule has 0 saturated heterocycles. The van der Waals surface area contributed by atoms with Gasteiger partial charge < -0.3 is 9.64 Å². The van der Waals surface area contributed by atoms with E-state index in [1.54, 1.807) is 18.1 Å². The second-order valence-electron chi connectivity index (χ2n) is 5.15. The lowest BCUT2D eigenvalue weighted by Gasteiger charge is -2.22. The Balaban J connectivity index is 2.18. The zero-order valence-electron chi connectivity index (χ0n) is 13.4. The lowest BCUT2D eigenvalue weighted by atomic mass is 10.2. The molecule has 1 heterocycles. The van der Waals surface area contributed by atoms with Gasteiger partial charge in [-0.25, -0.2) is 4.68 Å². The normalized spacial score (nSPS) is 10.2. The molecular weight excluding hydrogens is 310 g/mol. The number of carbonyl (C=O) groups excluding carboxylic acids is 1. The molecule has 1 N–H and O–H groups in total. The molecule has 2 aromatic rings. The zero-order valence-corrected chi connectivity index (χ0v) is 13.4. The van der Waals surface area contributed by atoms with Crippen LogP contribution in [0.15, 0.2) is 58.6 Å². The topological polar surface area (TPSA) is 84.4 Å². The maximum atomic E-state index is 12.5. The monoisotopic (exact) mass is 329 g/mol. The fourth-order valence-corrected chi connectivity index (χ4v) is 2.22. The molecule has 2 rings (SSSR count). The molecule has 0 saturated carbocycles. The van der Waals surface area contributed by atoms with Crippen molar-refractivity contribution < 1.29 is 9.53 Å². The first-order valence-corrected chi connectivity index (χ1v) is 7.35. The Morgan fingerprint density at radius 1 is 1.33 bits per heavy atom. The second-order valence-corrected chi connectivity index (χ2v) is 5.15. The third-order valence-corrected chi connectivity index (χ3v) is 3.39. The molecule has 0 aliphatic heterocycles. The van der Waals surface area contributed by atoms with Crippen molar-refractivity contribution in [2.45, 2.75) is 13.1 Å². The van der Waals surface area contributed by atoms with Gasteiger partial charge in [0.05, 0.1) is 7.11 Å². The summed E-state index contributed by atoms with van der Waals surface area (Å²) in [7, 11) is 1.57. The Hall–Kier alpha value is -3.09. The Kier molecular flexibility index (Phi) is 5.73. The van der Waals surface area contributed by atoms with E-state index in [9.17, 15) is 14.4 Å². The van der Waals surface area contributed by atoms with Crippen LogP contribution >= 0.6 is 0 Å². The van der Waals surface area contributed by atoms with Crippen molar-refractivity contribution in [3.63, 3.8) is 0 Å². The van der Waals surface area contributed by atoms with Crippen molar-refractivity contribution >= 4 is 5.91 Å². The number of aromatic amines is 1. The second kappa shape index (κ2) is 7.96. The molecular formula is C17H19N3O4. The van der Waals surface area contributed by atoms with Gasteiger partial charge in [-0.2, -0.15) is 0 Å².